The van der Waals surface area contributed by atoms with Crippen molar-refractivity contribution in [2.24, 2.45) is 4.95 Å². The molecule has 2 unspecified atom stereocenters. The second-order valence-electron chi connectivity index (χ2n) is 1.01. The van der Waals surface area contributed by atoms with Gasteiger partial charge in [-0.05, 0) is 16.2 Å². The molecule has 0 aliphatic rings. The fraction of sp³-hybridized carbons (Fsp3) is 1.00. The Labute approximate surface area is 47.7 Å². The van der Waals surface area contributed by atoms with Crippen molar-refractivity contribution < 1.29 is 4.57 Å². The summed E-state index contributed by atoms with van der Waals surface area (Å²) in [5.74, 6) is 0. The Hall–Kier alpha value is 0.550. The van der Waals surface area contributed by atoms with Crippen LogP contribution in [0.4, 0.5) is 0 Å². The molecule has 0 aromatic rings. The SMILES string of the molecule is CP(=O)(Cl)PN=O. The van der Waals surface area contributed by atoms with Gasteiger partial charge in [-0.25, -0.2) is 0 Å². The molecule has 0 bridgehead atoms. The van der Waals surface area contributed by atoms with E-state index in [2.05, 4.69) is 4.95 Å². The summed E-state index contributed by atoms with van der Waals surface area (Å²) in [4.78, 5) is 11.7. The first-order chi connectivity index (χ1) is 3.06. The van der Waals surface area contributed by atoms with Gasteiger partial charge in [0, 0.05) is 6.66 Å². The van der Waals surface area contributed by atoms with Gasteiger partial charge in [0.1, 0.15) is 8.42 Å². The van der Waals surface area contributed by atoms with E-state index in [1.54, 1.807) is 0 Å². The van der Waals surface area contributed by atoms with Crippen molar-refractivity contribution in [2.75, 3.05) is 6.66 Å². The minimum Gasteiger partial charge on any atom is -0.300 e. The summed E-state index contributed by atoms with van der Waals surface area (Å²) in [6.07, 6.45) is -2.64. The van der Waals surface area contributed by atoms with E-state index >= 15 is 0 Å². The molecule has 0 aliphatic heterocycles. The number of hydrogen-bond acceptors (Lipinski definition) is 3. The minimum atomic E-state index is -2.64. The van der Waals surface area contributed by atoms with Crippen LogP contribution in [0.3, 0.4) is 0 Å². The van der Waals surface area contributed by atoms with Crippen LogP contribution in [0.15, 0.2) is 4.95 Å². The summed E-state index contributed by atoms with van der Waals surface area (Å²) >= 11 is 5.11. The molecule has 0 aromatic carbocycles. The van der Waals surface area contributed by atoms with E-state index in [0.717, 1.165) is 0 Å². The average molecular weight is 159 g/mol. The highest BCUT2D eigenvalue weighted by Crippen LogP contribution is 2.65. The van der Waals surface area contributed by atoms with Crippen LogP contribution in [-0.2, 0) is 4.57 Å². The van der Waals surface area contributed by atoms with Crippen LogP contribution in [0.5, 0.6) is 0 Å². The second-order valence-corrected chi connectivity index (χ2v) is 8.98. The Balaban J connectivity index is 3.57. The monoisotopic (exact) mass is 159 g/mol. The molecule has 0 fully saturated rings. The predicted octanol–water partition coefficient (Wildman–Crippen LogP) is 2.41. The largest absolute Gasteiger partial charge is 0.300 e. The minimum absolute atomic E-state index is 0.485. The predicted molar refractivity (Wildman–Crippen MR) is 33.5 cm³/mol. The second kappa shape index (κ2) is 2.76. The Kier molecular flexibility index (Phi) is 2.98. The highest BCUT2D eigenvalue weighted by molar-refractivity contribution is 8.36. The lowest BCUT2D eigenvalue weighted by atomic mass is 12.0. The van der Waals surface area contributed by atoms with Crippen LogP contribution in [0.25, 0.3) is 0 Å². The van der Waals surface area contributed by atoms with Crippen LogP contribution < -0.4 is 0 Å². The molecule has 0 aliphatic carbocycles. The number of halogens is 1. The molecule has 0 amide bonds. The lowest BCUT2D eigenvalue weighted by Crippen LogP contribution is -1.44. The highest BCUT2D eigenvalue weighted by Gasteiger charge is 2.08. The average Bonchev–Trinajstić information content (AvgIpc) is 1.30. The molecule has 0 rings (SSSR count). The Morgan fingerprint density at radius 2 is 2.29 bits per heavy atom. The number of nitrogens with zero attached hydrogens (tertiary/aromatic N) is 1. The molecule has 0 aromatic heterocycles. The first-order valence-electron chi connectivity index (χ1n) is 1.43. The van der Waals surface area contributed by atoms with Crippen molar-refractivity contribution in [1.82, 2.24) is 0 Å². The third-order valence-corrected chi connectivity index (χ3v) is 2.66. The van der Waals surface area contributed by atoms with Gasteiger partial charge in [0.15, 0.2) is 0 Å². The Morgan fingerprint density at radius 3 is 2.29 bits per heavy atom. The molecule has 7 heavy (non-hydrogen) atoms. The molecule has 42 valence electrons. The normalized spacial score (nSPS) is 19.7. The summed E-state index contributed by atoms with van der Waals surface area (Å²) in [6.45, 7) is 1.31. The van der Waals surface area contributed by atoms with Gasteiger partial charge in [0.2, 0.25) is 6.18 Å². The third kappa shape index (κ3) is 6.55. The molecule has 0 saturated carbocycles. The summed E-state index contributed by atoms with van der Waals surface area (Å²) in [6, 6.07) is 0. The lowest BCUT2D eigenvalue weighted by molar-refractivity contribution is 0.596. The van der Waals surface area contributed by atoms with Crippen molar-refractivity contribution in [3.63, 3.8) is 0 Å². The van der Waals surface area contributed by atoms with Crippen LogP contribution >= 0.6 is 25.8 Å². The zero-order chi connectivity index (χ0) is 5.91. The molecule has 0 radical (unpaired) electrons. The molecule has 0 saturated heterocycles. The summed E-state index contributed by atoms with van der Waals surface area (Å²) in [5.41, 5.74) is 0. The van der Waals surface area contributed by atoms with Crippen molar-refractivity contribution in [2.45, 2.75) is 0 Å². The van der Waals surface area contributed by atoms with E-state index in [4.69, 9.17) is 11.2 Å². The van der Waals surface area contributed by atoms with Crippen LogP contribution in [0, 0.1) is 4.91 Å². The standard InChI is InChI=1S/CH4ClNO2P2/c1-7(2,5)6-3-4/h6H,1H3. The number of rotatable bonds is 2. The van der Waals surface area contributed by atoms with Gasteiger partial charge in [0.05, 0.1) is 0 Å². The van der Waals surface area contributed by atoms with Crippen LogP contribution in [-0.4, -0.2) is 6.66 Å². The molecule has 0 spiro atoms. The zero-order valence-electron chi connectivity index (χ0n) is 3.59. The fourth-order valence-corrected chi connectivity index (χ4v) is 0.934. The first-order valence-corrected chi connectivity index (χ1v) is 6.28. The Bertz CT molecular complexity index is 108. The summed E-state index contributed by atoms with van der Waals surface area (Å²) in [5, 5.41) is 0. The molecule has 0 heterocycles. The molecule has 2 atom stereocenters. The topological polar surface area (TPSA) is 46.5 Å². The van der Waals surface area contributed by atoms with Gasteiger partial charge in [-0.1, -0.05) is 0 Å². The lowest BCUT2D eigenvalue weighted by Gasteiger charge is -1.89. The molecule has 0 N–H and O–H groups in total. The number of hydrogen-bond donors (Lipinski definition) is 0. The van der Waals surface area contributed by atoms with E-state index in [9.17, 15) is 9.47 Å². The van der Waals surface area contributed by atoms with E-state index in [-0.39, 0.29) is 0 Å². The quantitative estimate of drug-likeness (QED) is 0.459. The van der Waals surface area contributed by atoms with Crippen molar-refractivity contribution in [3.8, 4) is 0 Å². The van der Waals surface area contributed by atoms with Gasteiger partial charge in [0.25, 0.3) is 0 Å². The maximum Gasteiger partial charge on any atom is 0.208 e. The van der Waals surface area contributed by atoms with Gasteiger partial charge < -0.3 is 4.57 Å². The van der Waals surface area contributed by atoms with Gasteiger partial charge in [-0.15, -0.1) is 4.91 Å². The molecular weight excluding hydrogens is 155 g/mol. The van der Waals surface area contributed by atoms with E-state index in [0.29, 0.717) is 0 Å². The van der Waals surface area contributed by atoms with E-state index < -0.39 is 14.6 Å². The fourth-order valence-electron chi connectivity index (χ4n) is 0.0729. The highest BCUT2D eigenvalue weighted by atomic mass is 35.7. The van der Waals surface area contributed by atoms with Crippen molar-refractivity contribution >= 4 is 25.8 Å². The number of nitroso groups, excluding NO2 is 1. The van der Waals surface area contributed by atoms with Crippen molar-refractivity contribution in [1.29, 1.82) is 0 Å². The van der Waals surface area contributed by atoms with Gasteiger partial charge in [-0.2, -0.15) is 0 Å². The summed E-state index contributed by atoms with van der Waals surface area (Å²) in [7, 11) is -0.485. The third-order valence-electron chi connectivity index (χ3n) is 0.219. The zero-order valence-corrected chi connectivity index (χ0v) is 6.24. The van der Waals surface area contributed by atoms with Gasteiger partial charge >= 0.3 is 0 Å². The van der Waals surface area contributed by atoms with E-state index in [1.165, 1.54) is 6.66 Å². The Morgan fingerprint density at radius 1 is 1.86 bits per heavy atom. The van der Waals surface area contributed by atoms with Crippen LogP contribution in [0.1, 0.15) is 0 Å². The summed E-state index contributed by atoms with van der Waals surface area (Å²) < 4.78 is 10.3. The maximum atomic E-state index is 10.3. The van der Waals surface area contributed by atoms with Crippen LogP contribution in [0.2, 0.25) is 0 Å². The first kappa shape index (κ1) is 7.55. The van der Waals surface area contributed by atoms with Gasteiger partial charge in [-0.3, -0.25) is 0 Å². The molecular formula is CH4ClNO2P2. The van der Waals surface area contributed by atoms with E-state index in [1.807, 2.05) is 0 Å². The van der Waals surface area contributed by atoms with Crippen molar-refractivity contribution in [3.05, 3.63) is 4.91 Å². The smallest absolute Gasteiger partial charge is 0.208 e. The maximum absolute atomic E-state index is 10.3. The molecule has 6 heteroatoms. The molecule has 3 nitrogen and oxygen atoms in total.